The van der Waals surface area contributed by atoms with E-state index in [1.54, 1.807) is 20.8 Å². The Morgan fingerprint density at radius 2 is 1.89 bits per heavy atom. The van der Waals surface area contributed by atoms with Crippen LogP contribution in [0, 0.1) is 0 Å². The summed E-state index contributed by atoms with van der Waals surface area (Å²) < 4.78 is 71.8. The van der Waals surface area contributed by atoms with E-state index in [0.29, 0.717) is 25.5 Å². The van der Waals surface area contributed by atoms with Gasteiger partial charge in [-0.25, -0.2) is 17.9 Å². The maximum atomic E-state index is 13.0. The number of rotatable bonds is 3. The highest BCUT2D eigenvalue weighted by Gasteiger charge is 2.34. The van der Waals surface area contributed by atoms with Gasteiger partial charge in [0, 0.05) is 23.6 Å². The number of carbonyl (C=O) groups is 1. The van der Waals surface area contributed by atoms with E-state index < -0.39 is 44.4 Å². The molecule has 0 aromatic heterocycles. The average molecular weight is 487 g/mol. The van der Waals surface area contributed by atoms with Crippen molar-refractivity contribution < 1.29 is 31.1 Å². The number of carbonyl (C=O) groups excluding carboxylic acids is 1. The summed E-state index contributed by atoms with van der Waals surface area (Å²) in [7, 11) is -4.21. The van der Waals surface area contributed by atoms with Crippen LogP contribution in [0.5, 0.6) is 0 Å². The summed E-state index contributed by atoms with van der Waals surface area (Å²) in [5.74, 6) is 0. The molecule has 1 aliphatic rings. The first-order valence-electron chi connectivity index (χ1n) is 8.55. The van der Waals surface area contributed by atoms with Gasteiger partial charge in [0.05, 0.1) is 10.5 Å². The fourth-order valence-corrected chi connectivity index (χ4v) is 4.71. The van der Waals surface area contributed by atoms with Gasteiger partial charge >= 0.3 is 12.3 Å². The van der Waals surface area contributed by atoms with E-state index in [1.807, 2.05) is 0 Å². The van der Waals surface area contributed by atoms with Crippen LogP contribution in [-0.4, -0.2) is 44.1 Å². The molecule has 1 fully saturated rings. The highest BCUT2D eigenvalue weighted by molar-refractivity contribution is 9.10. The van der Waals surface area contributed by atoms with Gasteiger partial charge in [-0.1, -0.05) is 15.9 Å². The lowest BCUT2D eigenvalue weighted by Crippen LogP contribution is -2.50. The summed E-state index contributed by atoms with van der Waals surface area (Å²) >= 11 is 2.92. The van der Waals surface area contributed by atoms with Crippen molar-refractivity contribution in [1.29, 1.82) is 0 Å². The predicted octanol–water partition coefficient (Wildman–Crippen LogP) is 4.15. The molecule has 1 heterocycles. The topological polar surface area (TPSA) is 75.7 Å². The smallest absolute Gasteiger partial charge is 0.416 e. The zero-order chi connectivity index (χ0) is 21.3. The Morgan fingerprint density at radius 3 is 2.46 bits per heavy atom. The lowest BCUT2D eigenvalue weighted by molar-refractivity contribution is -0.137. The van der Waals surface area contributed by atoms with Crippen LogP contribution in [-0.2, 0) is 20.9 Å². The second kappa shape index (κ2) is 8.19. The molecular weight excluding hydrogens is 465 g/mol. The van der Waals surface area contributed by atoms with Gasteiger partial charge in [-0.2, -0.15) is 13.2 Å². The standard InChI is InChI=1S/C17H22BrF3N2O4S/c1-16(2,3)27-15(24)23-6-4-5-13(10-23)22-28(25,26)14-8-11(17(19,20)21)7-12(18)9-14/h7-9,13,22H,4-6,10H2,1-3H3/t13-/m0/s1. The van der Waals surface area contributed by atoms with Crippen LogP contribution >= 0.6 is 15.9 Å². The molecule has 0 spiro atoms. The number of hydrogen-bond donors (Lipinski definition) is 1. The van der Waals surface area contributed by atoms with Crippen LogP contribution in [0.1, 0.15) is 39.2 Å². The minimum Gasteiger partial charge on any atom is -0.444 e. The fourth-order valence-electron chi connectivity index (χ4n) is 2.73. The number of alkyl halides is 3. The normalized spacial score (nSPS) is 18.8. The van der Waals surface area contributed by atoms with Crippen molar-refractivity contribution in [2.75, 3.05) is 13.1 Å². The number of nitrogens with zero attached hydrogens (tertiary/aromatic N) is 1. The Bertz CT molecular complexity index is 838. The SMILES string of the molecule is CC(C)(C)OC(=O)N1CCC[C@H](NS(=O)(=O)c2cc(Br)cc(C(F)(F)F)c2)C1. The number of sulfonamides is 1. The second-order valence-corrected chi connectivity index (χ2v) is 10.2. The van der Waals surface area contributed by atoms with Gasteiger partial charge < -0.3 is 9.64 Å². The van der Waals surface area contributed by atoms with E-state index in [4.69, 9.17) is 4.74 Å². The maximum absolute atomic E-state index is 13.0. The highest BCUT2D eigenvalue weighted by Crippen LogP contribution is 2.33. The van der Waals surface area contributed by atoms with Crippen LogP contribution in [0.25, 0.3) is 0 Å². The molecule has 1 aliphatic heterocycles. The third-order valence-corrected chi connectivity index (χ3v) is 5.86. The first kappa shape index (κ1) is 23.0. The number of piperidine rings is 1. The molecule has 1 N–H and O–H groups in total. The van der Waals surface area contributed by atoms with Crippen LogP contribution in [0.2, 0.25) is 0 Å². The van der Waals surface area contributed by atoms with Gasteiger partial charge in [0.1, 0.15) is 5.60 Å². The van der Waals surface area contributed by atoms with E-state index in [1.165, 1.54) is 4.90 Å². The highest BCUT2D eigenvalue weighted by atomic mass is 79.9. The van der Waals surface area contributed by atoms with Gasteiger partial charge in [-0.05, 0) is 51.8 Å². The molecule has 2 rings (SSSR count). The second-order valence-electron chi connectivity index (χ2n) is 7.56. The number of ether oxygens (including phenoxy) is 1. The van der Waals surface area contributed by atoms with Crippen molar-refractivity contribution >= 4 is 32.0 Å². The minimum absolute atomic E-state index is 0.00160. The number of hydrogen-bond acceptors (Lipinski definition) is 4. The molecule has 6 nitrogen and oxygen atoms in total. The van der Waals surface area contributed by atoms with E-state index in [2.05, 4.69) is 20.7 Å². The van der Waals surface area contributed by atoms with Gasteiger partial charge in [-0.3, -0.25) is 0 Å². The Hall–Kier alpha value is -1.33. The number of likely N-dealkylation sites (tertiary alicyclic amines) is 1. The number of nitrogens with one attached hydrogen (secondary N) is 1. The van der Waals surface area contributed by atoms with E-state index in [0.717, 1.165) is 12.1 Å². The third-order valence-electron chi connectivity index (χ3n) is 3.90. The molecule has 1 amide bonds. The number of halogens is 4. The molecule has 1 atom stereocenters. The Balaban J connectivity index is 2.16. The molecule has 11 heteroatoms. The molecule has 0 radical (unpaired) electrons. The predicted molar refractivity (Wildman–Crippen MR) is 100 cm³/mol. The van der Waals surface area contributed by atoms with Gasteiger partial charge in [0.25, 0.3) is 0 Å². The molecule has 1 aromatic carbocycles. The zero-order valence-corrected chi connectivity index (χ0v) is 18.0. The van der Waals surface area contributed by atoms with Crippen LogP contribution in [0.3, 0.4) is 0 Å². The summed E-state index contributed by atoms with van der Waals surface area (Å²) in [6.07, 6.45) is -4.23. The maximum Gasteiger partial charge on any atom is 0.416 e. The minimum atomic E-state index is -4.67. The first-order valence-corrected chi connectivity index (χ1v) is 10.8. The summed E-state index contributed by atoms with van der Waals surface area (Å²) in [6, 6.07) is 1.87. The molecule has 1 saturated heterocycles. The Labute approximate surface area is 170 Å². The van der Waals surface area contributed by atoms with Gasteiger partial charge in [-0.15, -0.1) is 0 Å². The third kappa shape index (κ3) is 6.35. The van der Waals surface area contributed by atoms with Gasteiger partial charge in [0.15, 0.2) is 0 Å². The van der Waals surface area contributed by atoms with Crippen molar-refractivity contribution in [3.63, 3.8) is 0 Å². The Morgan fingerprint density at radius 1 is 1.25 bits per heavy atom. The number of amides is 1. The van der Waals surface area contributed by atoms with Crippen LogP contribution < -0.4 is 4.72 Å². The molecule has 0 bridgehead atoms. The zero-order valence-electron chi connectivity index (χ0n) is 15.6. The molecule has 0 saturated carbocycles. The van der Waals surface area contributed by atoms with Gasteiger partial charge in [0.2, 0.25) is 10.0 Å². The molecular formula is C17H22BrF3N2O4S. The van der Waals surface area contributed by atoms with Crippen molar-refractivity contribution in [3.8, 4) is 0 Å². The quantitative estimate of drug-likeness (QED) is 0.696. The lowest BCUT2D eigenvalue weighted by Gasteiger charge is -2.34. The van der Waals surface area contributed by atoms with Crippen molar-refractivity contribution in [1.82, 2.24) is 9.62 Å². The number of benzene rings is 1. The van der Waals surface area contributed by atoms with E-state index in [-0.39, 0.29) is 11.0 Å². The van der Waals surface area contributed by atoms with E-state index in [9.17, 15) is 26.4 Å². The fraction of sp³-hybridized carbons (Fsp3) is 0.588. The molecule has 158 valence electrons. The van der Waals surface area contributed by atoms with Crippen molar-refractivity contribution in [3.05, 3.63) is 28.2 Å². The Kier molecular flexibility index (Phi) is 6.72. The van der Waals surface area contributed by atoms with Crippen LogP contribution in [0.4, 0.5) is 18.0 Å². The molecule has 0 aliphatic carbocycles. The largest absolute Gasteiger partial charge is 0.444 e. The van der Waals surface area contributed by atoms with E-state index >= 15 is 0 Å². The summed E-state index contributed by atoms with van der Waals surface area (Å²) in [5.41, 5.74) is -1.75. The first-order chi connectivity index (χ1) is 12.7. The summed E-state index contributed by atoms with van der Waals surface area (Å²) in [6.45, 7) is 5.66. The molecule has 1 aromatic rings. The molecule has 0 unspecified atom stereocenters. The average Bonchev–Trinajstić information content (AvgIpc) is 2.51. The van der Waals surface area contributed by atoms with Crippen LogP contribution in [0.15, 0.2) is 27.6 Å². The summed E-state index contributed by atoms with van der Waals surface area (Å²) in [4.78, 5) is 13.1. The van der Waals surface area contributed by atoms with Crippen molar-refractivity contribution in [2.24, 2.45) is 0 Å². The molecule has 28 heavy (non-hydrogen) atoms. The monoisotopic (exact) mass is 486 g/mol. The summed E-state index contributed by atoms with van der Waals surface area (Å²) in [5, 5.41) is 0. The lowest BCUT2D eigenvalue weighted by atomic mass is 10.1. The van der Waals surface area contributed by atoms with Crippen molar-refractivity contribution in [2.45, 2.75) is 56.3 Å².